The summed E-state index contributed by atoms with van der Waals surface area (Å²) in [5, 5.41) is 3.58. The van der Waals surface area contributed by atoms with E-state index in [2.05, 4.69) is 15.3 Å². The lowest BCUT2D eigenvalue weighted by Gasteiger charge is -2.49. The molecule has 0 unspecified atom stereocenters. The van der Waals surface area contributed by atoms with Crippen molar-refractivity contribution in [3.63, 3.8) is 0 Å². The lowest BCUT2D eigenvalue weighted by Crippen LogP contribution is -2.56. The molecule has 2 aromatic heterocycles. The van der Waals surface area contributed by atoms with Crippen LogP contribution in [0.4, 0.5) is 19.0 Å². The van der Waals surface area contributed by atoms with E-state index >= 15 is 0 Å². The van der Waals surface area contributed by atoms with Crippen LogP contribution >= 0.6 is 0 Å². The Morgan fingerprint density at radius 1 is 1.28 bits per heavy atom. The molecule has 1 atom stereocenters. The number of ether oxygens (including phenoxy) is 1. The van der Waals surface area contributed by atoms with E-state index in [4.69, 9.17) is 4.74 Å². The zero-order valence-corrected chi connectivity index (χ0v) is 20.7. The molecule has 1 aromatic carbocycles. The Morgan fingerprint density at radius 3 is 2.56 bits per heavy atom. The molecule has 0 bridgehead atoms. The van der Waals surface area contributed by atoms with E-state index in [1.54, 1.807) is 32.0 Å². The van der Waals surface area contributed by atoms with Crippen molar-refractivity contribution in [2.24, 2.45) is 7.05 Å². The van der Waals surface area contributed by atoms with Crippen molar-refractivity contribution in [3.8, 4) is 0 Å². The summed E-state index contributed by atoms with van der Waals surface area (Å²) in [6.07, 6.45) is -0.777. The second-order valence-corrected chi connectivity index (χ2v) is 9.19. The number of carbonyl (C=O) groups is 1. The predicted molar refractivity (Wildman–Crippen MR) is 128 cm³/mol. The van der Waals surface area contributed by atoms with Gasteiger partial charge in [0.25, 0.3) is 12.0 Å². The van der Waals surface area contributed by atoms with Crippen molar-refractivity contribution < 1.29 is 22.7 Å². The molecule has 0 radical (unpaired) electrons. The summed E-state index contributed by atoms with van der Waals surface area (Å²) in [5.41, 5.74) is -1.06. The molecule has 1 N–H and O–H groups in total. The topological polar surface area (TPSA) is 89.3 Å². The van der Waals surface area contributed by atoms with Crippen LogP contribution in [0.3, 0.4) is 0 Å². The van der Waals surface area contributed by atoms with Gasteiger partial charge in [0.1, 0.15) is 29.2 Å². The van der Waals surface area contributed by atoms with Gasteiger partial charge in [0, 0.05) is 52.6 Å². The fourth-order valence-corrected chi connectivity index (χ4v) is 4.79. The second-order valence-electron chi connectivity index (χ2n) is 9.19. The fourth-order valence-electron chi connectivity index (χ4n) is 4.79. The number of alkyl halides is 2. The van der Waals surface area contributed by atoms with Crippen molar-refractivity contribution in [2.75, 3.05) is 19.5 Å². The number of hydrogen-bond donors (Lipinski definition) is 1. The van der Waals surface area contributed by atoms with Gasteiger partial charge in [-0.05, 0) is 13.0 Å². The van der Waals surface area contributed by atoms with Gasteiger partial charge < -0.3 is 15.0 Å². The summed E-state index contributed by atoms with van der Waals surface area (Å²) in [6.45, 7) is 3.12. The van der Waals surface area contributed by atoms with Crippen molar-refractivity contribution in [1.29, 1.82) is 0 Å². The lowest BCUT2D eigenvalue weighted by molar-refractivity contribution is -0.148. The summed E-state index contributed by atoms with van der Waals surface area (Å²) in [7, 11) is 4.82. The molecule has 1 aliphatic rings. The molecule has 0 spiro atoms. The van der Waals surface area contributed by atoms with E-state index in [0.717, 1.165) is 6.07 Å². The highest BCUT2D eigenvalue weighted by Crippen LogP contribution is 2.46. The number of nitrogens with zero attached hydrogens (tertiary/aromatic N) is 4. The van der Waals surface area contributed by atoms with Crippen molar-refractivity contribution in [2.45, 2.75) is 50.8 Å². The minimum Gasteiger partial charge on any atom is -0.373 e. The highest BCUT2D eigenvalue weighted by atomic mass is 19.3. The molecule has 0 saturated heterocycles. The zero-order valence-electron chi connectivity index (χ0n) is 20.7. The number of benzene rings is 1. The Hall–Kier alpha value is -3.47. The summed E-state index contributed by atoms with van der Waals surface area (Å²) in [4.78, 5) is 35.2. The maximum Gasteiger partial charge on any atom is 0.266 e. The number of halogens is 3. The van der Waals surface area contributed by atoms with E-state index in [-0.39, 0.29) is 23.1 Å². The minimum absolute atomic E-state index is 0.0621. The normalized spacial score (nSPS) is 20.3. The Labute approximate surface area is 206 Å². The number of fused-ring (bicyclic) bond motifs is 1. The first-order valence-electron chi connectivity index (χ1n) is 11.5. The minimum atomic E-state index is -2.94. The molecule has 4 rings (SSSR count). The van der Waals surface area contributed by atoms with Gasteiger partial charge in [-0.2, -0.15) is 0 Å². The third kappa shape index (κ3) is 4.21. The maximum atomic E-state index is 14.7. The van der Waals surface area contributed by atoms with Crippen LogP contribution in [0.15, 0.2) is 35.4 Å². The Kier molecular flexibility index (Phi) is 6.78. The van der Waals surface area contributed by atoms with E-state index in [0.29, 0.717) is 35.3 Å². The van der Waals surface area contributed by atoms with E-state index < -0.39 is 29.4 Å². The van der Waals surface area contributed by atoms with Gasteiger partial charge in [-0.15, -0.1) is 0 Å². The first kappa shape index (κ1) is 25.6. The van der Waals surface area contributed by atoms with Gasteiger partial charge in [-0.25, -0.2) is 23.1 Å². The Bertz CT molecular complexity index is 1370. The average molecular weight is 504 g/mol. The first-order valence-corrected chi connectivity index (χ1v) is 11.5. The van der Waals surface area contributed by atoms with Crippen LogP contribution in [0.5, 0.6) is 0 Å². The number of nitrogens with one attached hydrogen (secondary N) is 1. The molecule has 2 heterocycles. The molecule has 3 aromatic rings. The van der Waals surface area contributed by atoms with E-state index in [1.807, 2.05) is 0 Å². The monoisotopic (exact) mass is 503 g/mol. The largest absolute Gasteiger partial charge is 0.373 e. The van der Waals surface area contributed by atoms with Crippen LogP contribution in [0, 0.1) is 5.82 Å². The number of carbonyl (C=O) groups excluding carboxylic acids is 1. The molecule has 8 nitrogen and oxygen atoms in total. The molecule has 1 aliphatic carbocycles. The maximum absolute atomic E-state index is 14.7. The lowest BCUT2D eigenvalue weighted by atomic mass is 9.70. The third-order valence-electron chi connectivity index (χ3n) is 7.17. The zero-order chi connectivity index (χ0) is 26.4. The summed E-state index contributed by atoms with van der Waals surface area (Å²) in [5.74, 6) is -0.741. The van der Waals surface area contributed by atoms with Crippen LogP contribution in [0.25, 0.3) is 11.0 Å². The Balaban J connectivity index is 1.75. The highest BCUT2D eigenvalue weighted by molar-refractivity contribution is 5.87. The number of hydrogen-bond acceptors (Lipinski definition) is 6. The van der Waals surface area contributed by atoms with Crippen LogP contribution < -0.4 is 10.9 Å². The molecule has 0 aliphatic heterocycles. The molecule has 36 heavy (non-hydrogen) atoms. The SMILES string of the molecule is CO[C@]1(c2cc3c(N[C@H](C)c4cccc(C(F)F)c4F)ncnc3n(C)c2=O)C[C@@H](N(C)C(C)=O)C1. The molecule has 11 heteroatoms. The predicted octanol–water partition coefficient (Wildman–Crippen LogP) is 4.06. The molecule has 1 amide bonds. The molecule has 1 saturated carbocycles. The van der Waals surface area contributed by atoms with E-state index in [1.165, 1.54) is 37.1 Å². The van der Waals surface area contributed by atoms with Crippen LogP contribution in [0.2, 0.25) is 0 Å². The average Bonchev–Trinajstić information content (AvgIpc) is 2.81. The smallest absolute Gasteiger partial charge is 0.266 e. The van der Waals surface area contributed by atoms with Gasteiger partial charge in [-0.3, -0.25) is 14.2 Å². The highest BCUT2D eigenvalue weighted by Gasteiger charge is 2.50. The van der Waals surface area contributed by atoms with Gasteiger partial charge in [0.2, 0.25) is 5.91 Å². The second kappa shape index (κ2) is 9.53. The Morgan fingerprint density at radius 2 is 1.94 bits per heavy atom. The number of methoxy groups -OCH3 is 1. The number of amides is 1. The molecular weight excluding hydrogens is 475 g/mol. The first-order chi connectivity index (χ1) is 17.0. The molecular formula is C25H28F3N5O3. The number of pyridine rings is 1. The summed E-state index contributed by atoms with van der Waals surface area (Å²) < 4.78 is 48.3. The van der Waals surface area contributed by atoms with Crippen LogP contribution in [-0.4, -0.2) is 45.5 Å². The quantitative estimate of drug-likeness (QED) is 0.523. The standard InChI is InChI=1S/C25H28F3N5O3/c1-13(16-7-6-8-17(20(16)26)21(27)28)31-22-18-9-19(24(35)33(4)23(18)30-12-29-22)25(36-5)10-15(11-25)32(3)14(2)34/h6-9,12-13,15,21H,10-11H2,1-5H3,(H,29,30,31)/t13-,15-,25-/m1/s1. The number of anilines is 1. The van der Waals surface area contributed by atoms with Crippen molar-refractivity contribution in [1.82, 2.24) is 19.4 Å². The van der Waals surface area contributed by atoms with E-state index in [9.17, 15) is 22.8 Å². The van der Waals surface area contributed by atoms with Gasteiger partial charge in [-0.1, -0.05) is 18.2 Å². The van der Waals surface area contributed by atoms with Crippen molar-refractivity contribution in [3.05, 3.63) is 63.5 Å². The molecule has 192 valence electrons. The number of aryl methyl sites for hydroxylation is 1. The molecule has 1 fully saturated rings. The van der Waals surface area contributed by atoms with Gasteiger partial charge >= 0.3 is 0 Å². The van der Waals surface area contributed by atoms with Crippen LogP contribution in [0.1, 0.15) is 55.8 Å². The summed E-state index contributed by atoms with van der Waals surface area (Å²) in [6, 6.07) is 4.74. The summed E-state index contributed by atoms with van der Waals surface area (Å²) >= 11 is 0. The number of aromatic nitrogens is 3. The third-order valence-corrected chi connectivity index (χ3v) is 7.17. The van der Waals surface area contributed by atoms with Gasteiger partial charge in [0.05, 0.1) is 22.6 Å². The number of rotatable bonds is 7. The fraction of sp³-hybridized carbons (Fsp3) is 0.440. The van der Waals surface area contributed by atoms with Crippen LogP contribution in [-0.2, 0) is 22.2 Å². The van der Waals surface area contributed by atoms with Gasteiger partial charge in [0.15, 0.2) is 0 Å². The van der Waals surface area contributed by atoms with Crippen molar-refractivity contribution >= 4 is 22.8 Å².